The van der Waals surface area contributed by atoms with Crippen molar-refractivity contribution in [3.8, 4) is 5.75 Å². The van der Waals surface area contributed by atoms with Crippen LogP contribution in [0.3, 0.4) is 0 Å². The topological polar surface area (TPSA) is 77.9 Å². The lowest BCUT2D eigenvalue weighted by Crippen LogP contribution is -2.55. The molecule has 1 fully saturated rings. The summed E-state index contributed by atoms with van der Waals surface area (Å²) in [5.74, 6) is -1.79. The van der Waals surface area contributed by atoms with Gasteiger partial charge in [-0.05, 0) is 19.1 Å². The molecule has 0 bridgehead atoms. The van der Waals surface area contributed by atoms with Crippen LogP contribution >= 0.6 is 11.6 Å². The first-order valence-electron chi connectivity index (χ1n) is 6.55. The van der Waals surface area contributed by atoms with Crippen LogP contribution in [0.4, 0.5) is 4.39 Å². The molecule has 1 amide bonds. The largest absolute Gasteiger partial charge is 0.506 e. The quantitative estimate of drug-likeness (QED) is 0.871. The van der Waals surface area contributed by atoms with Crippen molar-refractivity contribution in [3.05, 3.63) is 28.5 Å². The summed E-state index contributed by atoms with van der Waals surface area (Å²) in [5, 5.41) is 9.57. The van der Waals surface area contributed by atoms with E-state index in [0.717, 1.165) is 18.4 Å². The first kappa shape index (κ1) is 17.0. The summed E-state index contributed by atoms with van der Waals surface area (Å²) in [6, 6.07) is 1.42. The van der Waals surface area contributed by atoms with Crippen LogP contribution in [0.15, 0.2) is 12.1 Å². The summed E-state index contributed by atoms with van der Waals surface area (Å²) in [7, 11) is -3.35. The number of hydrogen-bond acceptors (Lipinski definition) is 4. The van der Waals surface area contributed by atoms with Crippen LogP contribution in [0.25, 0.3) is 0 Å². The Morgan fingerprint density at radius 3 is 2.59 bits per heavy atom. The van der Waals surface area contributed by atoms with Crippen LogP contribution < -0.4 is 0 Å². The van der Waals surface area contributed by atoms with E-state index in [9.17, 15) is 22.7 Å². The fourth-order valence-electron chi connectivity index (χ4n) is 2.52. The van der Waals surface area contributed by atoms with Gasteiger partial charge in [0.15, 0.2) is 0 Å². The minimum absolute atomic E-state index is 0.148. The van der Waals surface area contributed by atoms with Crippen LogP contribution in [-0.4, -0.2) is 60.6 Å². The van der Waals surface area contributed by atoms with Gasteiger partial charge in [-0.2, -0.15) is 4.31 Å². The Morgan fingerprint density at radius 1 is 1.41 bits per heavy atom. The van der Waals surface area contributed by atoms with Gasteiger partial charge in [-0.1, -0.05) is 11.6 Å². The van der Waals surface area contributed by atoms with Gasteiger partial charge in [-0.3, -0.25) is 4.79 Å². The molecule has 22 heavy (non-hydrogen) atoms. The summed E-state index contributed by atoms with van der Waals surface area (Å²) in [6.07, 6.45) is 1.11. The number of hydrogen-bond donors (Lipinski definition) is 1. The van der Waals surface area contributed by atoms with Crippen molar-refractivity contribution in [1.29, 1.82) is 0 Å². The number of piperazine rings is 1. The standard InChI is InChI=1S/C13H16ClFN2O4S/c1-8-7-16(3-4-17(8)22(2,20)21)13(19)10-5-9(15)6-11(14)12(10)18/h5-6,8,18H,3-4,7H2,1-2H3/t8-/m0/s1. The van der Waals surface area contributed by atoms with Crippen molar-refractivity contribution in [2.75, 3.05) is 25.9 Å². The van der Waals surface area contributed by atoms with Gasteiger partial charge in [-0.25, -0.2) is 12.8 Å². The third kappa shape index (κ3) is 3.34. The normalized spacial score (nSPS) is 20.2. The van der Waals surface area contributed by atoms with E-state index in [-0.39, 0.29) is 30.2 Å². The molecule has 1 aliphatic heterocycles. The maximum absolute atomic E-state index is 13.4. The number of amides is 1. The molecule has 1 N–H and O–H groups in total. The van der Waals surface area contributed by atoms with Gasteiger partial charge < -0.3 is 10.0 Å². The van der Waals surface area contributed by atoms with E-state index in [2.05, 4.69) is 0 Å². The van der Waals surface area contributed by atoms with Crippen molar-refractivity contribution < 1.29 is 22.7 Å². The third-order valence-electron chi connectivity index (χ3n) is 3.54. The molecular weight excluding hydrogens is 335 g/mol. The van der Waals surface area contributed by atoms with E-state index in [0.29, 0.717) is 0 Å². The van der Waals surface area contributed by atoms with Crippen molar-refractivity contribution in [2.24, 2.45) is 0 Å². The minimum atomic E-state index is -3.35. The number of carbonyl (C=O) groups is 1. The minimum Gasteiger partial charge on any atom is -0.506 e. The van der Waals surface area contributed by atoms with Gasteiger partial charge in [0, 0.05) is 25.7 Å². The molecular formula is C13H16ClFN2O4S. The Hall–Kier alpha value is -1.38. The van der Waals surface area contributed by atoms with E-state index in [1.54, 1.807) is 6.92 Å². The van der Waals surface area contributed by atoms with E-state index in [1.807, 2.05) is 0 Å². The fourth-order valence-corrected chi connectivity index (χ4v) is 3.86. The number of benzene rings is 1. The summed E-state index contributed by atoms with van der Waals surface area (Å²) in [4.78, 5) is 13.8. The zero-order valence-corrected chi connectivity index (χ0v) is 13.7. The number of phenols is 1. The molecule has 6 nitrogen and oxygen atoms in total. The molecule has 1 aliphatic rings. The molecule has 0 saturated carbocycles. The lowest BCUT2D eigenvalue weighted by Gasteiger charge is -2.38. The Morgan fingerprint density at radius 2 is 2.05 bits per heavy atom. The van der Waals surface area contributed by atoms with Crippen molar-refractivity contribution in [3.63, 3.8) is 0 Å². The highest BCUT2D eigenvalue weighted by atomic mass is 35.5. The average Bonchev–Trinajstić information content (AvgIpc) is 2.40. The smallest absolute Gasteiger partial charge is 0.257 e. The number of nitrogens with zero attached hydrogens (tertiary/aromatic N) is 2. The maximum atomic E-state index is 13.4. The predicted molar refractivity (Wildman–Crippen MR) is 80.0 cm³/mol. The predicted octanol–water partition coefficient (Wildman–Crippen LogP) is 1.29. The van der Waals surface area contributed by atoms with Gasteiger partial charge in [-0.15, -0.1) is 0 Å². The highest BCUT2D eigenvalue weighted by molar-refractivity contribution is 7.88. The maximum Gasteiger partial charge on any atom is 0.257 e. The van der Waals surface area contributed by atoms with Crippen molar-refractivity contribution >= 4 is 27.5 Å². The second-order valence-corrected chi connectivity index (χ2v) is 7.60. The average molecular weight is 351 g/mol. The Balaban J connectivity index is 2.23. The molecule has 1 aromatic carbocycles. The molecule has 1 heterocycles. The zero-order chi connectivity index (χ0) is 16.7. The molecule has 0 unspecified atom stereocenters. The lowest BCUT2D eigenvalue weighted by molar-refractivity contribution is 0.0639. The highest BCUT2D eigenvalue weighted by Gasteiger charge is 2.33. The number of phenolic OH excluding ortho intramolecular Hbond substituents is 1. The number of rotatable bonds is 2. The molecule has 0 radical (unpaired) electrons. The number of aromatic hydroxyl groups is 1. The fraction of sp³-hybridized carbons (Fsp3) is 0.462. The van der Waals surface area contributed by atoms with E-state index < -0.39 is 33.5 Å². The molecule has 122 valence electrons. The third-order valence-corrected chi connectivity index (χ3v) is 5.22. The van der Waals surface area contributed by atoms with Crippen LogP contribution in [0.1, 0.15) is 17.3 Å². The molecule has 1 saturated heterocycles. The summed E-state index contributed by atoms with van der Waals surface area (Å²) in [5.41, 5.74) is -0.231. The van der Waals surface area contributed by atoms with Gasteiger partial charge in [0.2, 0.25) is 10.0 Å². The molecule has 0 aliphatic carbocycles. The summed E-state index contributed by atoms with van der Waals surface area (Å²) < 4.78 is 37.9. The van der Waals surface area contributed by atoms with Crippen molar-refractivity contribution in [2.45, 2.75) is 13.0 Å². The second kappa shape index (κ2) is 6.02. The Kier molecular flexibility index (Phi) is 4.65. The molecule has 0 aromatic heterocycles. The van der Waals surface area contributed by atoms with E-state index >= 15 is 0 Å². The molecule has 2 rings (SSSR count). The van der Waals surface area contributed by atoms with Crippen LogP contribution in [0.2, 0.25) is 5.02 Å². The summed E-state index contributed by atoms with van der Waals surface area (Å²) >= 11 is 5.67. The van der Waals surface area contributed by atoms with E-state index in [1.165, 1.54) is 9.21 Å². The van der Waals surface area contributed by atoms with Crippen LogP contribution in [0.5, 0.6) is 5.75 Å². The zero-order valence-electron chi connectivity index (χ0n) is 12.1. The van der Waals surface area contributed by atoms with E-state index in [4.69, 9.17) is 11.6 Å². The number of sulfonamides is 1. The molecule has 1 atom stereocenters. The monoisotopic (exact) mass is 350 g/mol. The van der Waals surface area contributed by atoms with Gasteiger partial charge in [0.05, 0.1) is 16.8 Å². The Bertz CT molecular complexity index is 710. The Labute approximate surface area is 133 Å². The molecule has 1 aromatic rings. The van der Waals surface area contributed by atoms with Gasteiger partial charge >= 0.3 is 0 Å². The van der Waals surface area contributed by atoms with Crippen molar-refractivity contribution in [1.82, 2.24) is 9.21 Å². The number of halogens is 2. The first-order chi connectivity index (χ1) is 10.1. The summed E-state index contributed by atoms with van der Waals surface area (Å²) in [6.45, 7) is 2.14. The SMILES string of the molecule is C[C@H]1CN(C(=O)c2cc(F)cc(Cl)c2O)CCN1S(C)(=O)=O. The van der Waals surface area contributed by atoms with Gasteiger partial charge in [0.1, 0.15) is 11.6 Å². The second-order valence-electron chi connectivity index (χ2n) is 5.26. The molecule has 9 heteroatoms. The van der Waals surface area contributed by atoms with Crippen LogP contribution in [0, 0.1) is 5.82 Å². The molecule has 0 spiro atoms. The highest BCUT2D eigenvalue weighted by Crippen LogP contribution is 2.30. The lowest BCUT2D eigenvalue weighted by atomic mass is 10.1. The first-order valence-corrected chi connectivity index (χ1v) is 8.78. The van der Waals surface area contributed by atoms with Gasteiger partial charge in [0.25, 0.3) is 5.91 Å². The number of carbonyl (C=O) groups excluding carboxylic acids is 1. The van der Waals surface area contributed by atoms with Crippen LogP contribution in [-0.2, 0) is 10.0 Å².